The number of rotatable bonds is 4. The zero-order valence-corrected chi connectivity index (χ0v) is 6.28. The average Bonchev–Trinajstić information content (AvgIpc) is 1.80. The Labute approximate surface area is 110 Å². The van der Waals surface area contributed by atoms with E-state index in [9.17, 15) is 9.59 Å². The van der Waals surface area contributed by atoms with E-state index in [0.717, 1.165) is 0 Å². The molecule has 76 valence electrons. The maximum atomic E-state index is 10.4. The molecule has 0 aromatic rings. The van der Waals surface area contributed by atoms with Crippen molar-refractivity contribution < 1.29 is 39.0 Å². The molecular formula is C3H8B2Li2O8. The fraction of sp³-hybridized carbons (Fsp3) is 0.333. The van der Waals surface area contributed by atoms with Gasteiger partial charge in [0.2, 0.25) is 0 Å². The van der Waals surface area contributed by atoms with Gasteiger partial charge in [-0.05, 0) is 0 Å². The van der Waals surface area contributed by atoms with Crippen LogP contribution < -0.4 is 0 Å². The molecule has 0 radical (unpaired) electrons. The second kappa shape index (κ2) is 10.6. The summed E-state index contributed by atoms with van der Waals surface area (Å²) in [5, 5.41) is 32.3. The molecule has 0 atom stereocenters. The Bertz CT molecular complexity index is 178. The van der Waals surface area contributed by atoms with Crippen LogP contribution in [0.2, 0.25) is 0 Å². The molecule has 0 aromatic carbocycles. The molecular weight excluding hydrogens is 200 g/mol. The molecule has 4 N–H and O–H groups in total. The summed E-state index contributed by atoms with van der Waals surface area (Å²) in [5.41, 5.74) is 0. The molecule has 8 nitrogen and oxygen atoms in total. The van der Waals surface area contributed by atoms with Gasteiger partial charge in [-0.1, -0.05) is 0 Å². The van der Waals surface area contributed by atoms with Gasteiger partial charge in [0.25, 0.3) is 0 Å². The van der Waals surface area contributed by atoms with Crippen molar-refractivity contribution in [2.45, 2.75) is 6.42 Å². The van der Waals surface area contributed by atoms with Crippen molar-refractivity contribution in [2.24, 2.45) is 0 Å². The van der Waals surface area contributed by atoms with E-state index < -0.39 is 33.0 Å². The van der Waals surface area contributed by atoms with E-state index in [4.69, 9.17) is 20.1 Å². The van der Waals surface area contributed by atoms with E-state index in [-0.39, 0.29) is 37.7 Å². The fourth-order valence-corrected chi connectivity index (χ4v) is 0.436. The molecule has 12 heteroatoms. The SMILES string of the molecule is O=C(CC(=O)OB(O)O)OB(O)O.[LiH].[LiH]. The molecule has 15 heavy (non-hydrogen) atoms. The summed E-state index contributed by atoms with van der Waals surface area (Å²) in [5.74, 6) is -2.53. The topological polar surface area (TPSA) is 134 Å². The molecule has 0 heterocycles. The first-order valence-corrected chi connectivity index (χ1v) is 3.03. The number of hydrogen-bond donors (Lipinski definition) is 4. The summed E-state index contributed by atoms with van der Waals surface area (Å²) < 4.78 is 7.42. The van der Waals surface area contributed by atoms with Crippen molar-refractivity contribution in [3.63, 3.8) is 0 Å². The Morgan fingerprint density at radius 3 is 1.33 bits per heavy atom. The first kappa shape index (κ1) is 20.5. The average molecular weight is 208 g/mol. The van der Waals surface area contributed by atoms with Gasteiger partial charge in [0.15, 0.2) is 0 Å². The van der Waals surface area contributed by atoms with Gasteiger partial charge in [-0.3, -0.25) is 9.59 Å². The summed E-state index contributed by atoms with van der Waals surface area (Å²) in [7, 11) is -4.64. The standard InChI is InChI=1S/C3H6B2O8.2Li.2H/c6-2(12-4(8)9)1-3(7)13-5(10)11;;;;/h8-11H,1H2;;;;. The van der Waals surface area contributed by atoms with Crippen LogP contribution in [0.25, 0.3) is 0 Å². The Morgan fingerprint density at radius 1 is 0.867 bits per heavy atom. The zero-order valence-electron chi connectivity index (χ0n) is 6.28. The third-order valence-electron chi connectivity index (χ3n) is 0.762. The monoisotopic (exact) mass is 208 g/mol. The first-order valence-electron chi connectivity index (χ1n) is 3.03. The van der Waals surface area contributed by atoms with Crippen molar-refractivity contribution >= 4 is 64.3 Å². The van der Waals surface area contributed by atoms with Crippen LogP contribution in [0.15, 0.2) is 0 Å². The number of hydrogen-bond acceptors (Lipinski definition) is 8. The van der Waals surface area contributed by atoms with Gasteiger partial charge in [0.1, 0.15) is 6.42 Å². The molecule has 0 saturated heterocycles. The van der Waals surface area contributed by atoms with Crippen molar-refractivity contribution in [3.8, 4) is 0 Å². The van der Waals surface area contributed by atoms with E-state index in [1.165, 1.54) is 0 Å². The number of carbonyl (C=O) groups excluding carboxylic acids is 2. The van der Waals surface area contributed by atoms with E-state index in [2.05, 4.69) is 9.31 Å². The first-order chi connectivity index (χ1) is 5.91. The van der Waals surface area contributed by atoms with Crippen LogP contribution in [0.4, 0.5) is 0 Å². The Morgan fingerprint density at radius 2 is 1.13 bits per heavy atom. The number of carbonyl (C=O) groups is 2. The maximum absolute atomic E-state index is 10.4. The molecule has 0 saturated carbocycles. The predicted octanol–water partition coefficient (Wildman–Crippen LogP) is -4.90. The van der Waals surface area contributed by atoms with E-state index in [1.54, 1.807) is 0 Å². The summed E-state index contributed by atoms with van der Waals surface area (Å²) >= 11 is 0. The summed E-state index contributed by atoms with van der Waals surface area (Å²) in [6.45, 7) is 0. The normalized spacial score (nSPS) is 7.73. The third kappa shape index (κ3) is 14.1. The fourth-order valence-electron chi connectivity index (χ4n) is 0.436. The van der Waals surface area contributed by atoms with E-state index >= 15 is 0 Å². The van der Waals surface area contributed by atoms with Crippen LogP contribution in [0.1, 0.15) is 6.42 Å². The van der Waals surface area contributed by atoms with Crippen molar-refractivity contribution in [1.29, 1.82) is 0 Å². The Balaban J connectivity index is -0.000000720. The molecule has 0 aliphatic heterocycles. The van der Waals surface area contributed by atoms with Crippen LogP contribution in [0.5, 0.6) is 0 Å². The molecule has 0 bridgehead atoms. The van der Waals surface area contributed by atoms with Crippen LogP contribution in [0.3, 0.4) is 0 Å². The van der Waals surface area contributed by atoms with Crippen molar-refractivity contribution in [1.82, 2.24) is 0 Å². The van der Waals surface area contributed by atoms with Crippen LogP contribution >= 0.6 is 0 Å². The van der Waals surface area contributed by atoms with Gasteiger partial charge < -0.3 is 29.4 Å². The zero-order chi connectivity index (χ0) is 10.4. The molecule has 0 fully saturated rings. The molecule has 0 amide bonds. The molecule has 0 aliphatic carbocycles. The molecule has 0 aromatic heterocycles. The molecule has 0 unspecified atom stereocenters. The van der Waals surface area contributed by atoms with Gasteiger partial charge in [-0.25, -0.2) is 0 Å². The van der Waals surface area contributed by atoms with Gasteiger partial charge in [-0.15, -0.1) is 0 Å². The van der Waals surface area contributed by atoms with E-state index in [0.29, 0.717) is 0 Å². The van der Waals surface area contributed by atoms with Crippen LogP contribution in [-0.2, 0) is 18.9 Å². The van der Waals surface area contributed by atoms with Crippen molar-refractivity contribution in [3.05, 3.63) is 0 Å². The minimum atomic E-state index is -2.32. The summed E-state index contributed by atoms with van der Waals surface area (Å²) in [6, 6.07) is 0. The van der Waals surface area contributed by atoms with E-state index in [1.807, 2.05) is 0 Å². The predicted molar refractivity (Wildman–Crippen MR) is 51.5 cm³/mol. The second-order valence-electron chi connectivity index (χ2n) is 1.81. The molecule has 0 rings (SSSR count). The van der Waals surface area contributed by atoms with Crippen LogP contribution in [-0.4, -0.2) is 84.4 Å². The molecule has 0 spiro atoms. The van der Waals surface area contributed by atoms with Gasteiger partial charge in [0, 0.05) is 0 Å². The Kier molecular flexibility index (Phi) is 14.5. The summed E-state index contributed by atoms with van der Waals surface area (Å²) in [6.07, 6.45) is -0.949. The molecule has 0 aliphatic rings. The Hall–Kier alpha value is 0.105. The minimum absolute atomic E-state index is 0. The second-order valence-corrected chi connectivity index (χ2v) is 1.81. The summed E-state index contributed by atoms with van der Waals surface area (Å²) in [4.78, 5) is 20.9. The van der Waals surface area contributed by atoms with Gasteiger partial charge >= 0.3 is 64.3 Å². The van der Waals surface area contributed by atoms with Gasteiger partial charge in [0.05, 0.1) is 0 Å². The quantitative estimate of drug-likeness (QED) is 0.266. The van der Waals surface area contributed by atoms with Gasteiger partial charge in [-0.2, -0.15) is 0 Å². The van der Waals surface area contributed by atoms with Crippen molar-refractivity contribution in [2.75, 3.05) is 0 Å². The third-order valence-corrected chi connectivity index (χ3v) is 0.762. The van der Waals surface area contributed by atoms with Crippen LogP contribution in [0, 0.1) is 0 Å².